The summed E-state index contributed by atoms with van der Waals surface area (Å²) >= 11 is 0. The molecule has 0 amide bonds. The van der Waals surface area contributed by atoms with Gasteiger partial charge in [0.15, 0.2) is 17.8 Å². The standard InChI is InChI=1S/C19H16N4O/c1-2-8-15-13(6-1)19(23-10-3-4-11-23)22-18(21-15)14-7-5-9-16-17(14)24-12-20-16/h1-2,5-9,12H,3-4,10-11H2. The smallest absolute Gasteiger partial charge is 0.182 e. The number of para-hydroxylation sites is 2. The highest BCUT2D eigenvalue weighted by Crippen LogP contribution is 2.32. The first-order valence-corrected chi connectivity index (χ1v) is 8.24. The fourth-order valence-corrected chi connectivity index (χ4v) is 3.41. The third-order valence-corrected chi connectivity index (χ3v) is 4.59. The van der Waals surface area contributed by atoms with Crippen molar-refractivity contribution in [1.29, 1.82) is 0 Å². The summed E-state index contributed by atoms with van der Waals surface area (Å²) in [4.78, 5) is 16.3. The van der Waals surface area contributed by atoms with E-state index in [-0.39, 0.29) is 0 Å². The molecule has 1 aliphatic rings. The Morgan fingerprint density at radius 1 is 0.875 bits per heavy atom. The maximum Gasteiger partial charge on any atom is 0.182 e. The molecule has 0 atom stereocenters. The summed E-state index contributed by atoms with van der Waals surface area (Å²) in [7, 11) is 0. The normalized spacial score (nSPS) is 14.8. The van der Waals surface area contributed by atoms with Crippen LogP contribution in [0.25, 0.3) is 33.4 Å². The second-order valence-electron chi connectivity index (χ2n) is 6.09. The highest BCUT2D eigenvalue weighted by molar-refractivity contribution is 5.94. The molecule has 0 saturated carbocycles. The van der Waals surface area contributed by atoms with Crippen molar-refractivity contribution in [3.63, 3.8) is 0 Å². The van der Waals surface area contributed by atoms with Gasteiger partial charge in [-0.2, -0.15) is 0 Å². The fraction of sp³-hybridized carbons (Fsp3) is 0.211. The van der Waals surface area contributed by atoms with Gasteiger partial charge in [0.2, 0.25) is 0 Å². The van der Waals surface area contributed by atoms with E-state index in [0.29, 0.717) is 5.82 Å². The Labute approximate surface area is 139 Å². The molecule has 118 valence electrons. The van der Waals surface area contributed by atoms with Crippen LogP contribution in [0.1, 0.15) is 12.8 Å². The summed E-state index contributed by atoms with van der Waals surface area (Å²) in [5, 5.41) is 1.10. The zero-order valence-electron chi connectivity index (χ0n) is 13.1. The molecular weight excluding hydrogens is 300 g/mol. The van der Waals surface area contributed by atoms with Crippen molar-refractivity contribution in [3.8, 4) is 11.4 Å². The van der Waals surface area contributed by atoms with Gasteiger partial charge in [-0.05, 0) is 37.1 Å². The number of oxazole rings is 1. The summed E-state index contributed by atoms with van der Waals surface area (Å²) in [6.45, 7) is 2.10. The zero-order valence-corrected chi connectivity index (χ0v) is 13.1. The molecule has 1 aliphatic heterocycles. The van der Waals surface area contributed by atoms with Gasteiger partial charge in [0.1, 0.15) is 11.3 Å². The number of nitrogens with zero attached hydrogens (tertiary/aromatic N) is 4. The van der Waals surface area contributed by atoms with Crippen molar-refractivity contribution >= 4 is 27.8 Å². The van der Waals surface area contributed by atoms with Crippen LogP contribution in [0.2, 0.25) is 0 Å². The molecule has 5 nitrogen and oxygen atoms in total. The van der Waals surface area contributed by atoms with Gasteiger partial charge in [0.05, 0.1) is 11.1 Å². The van der Waals surface area contributed by atoms with Crippen LogP contribution in [-0.4, -0.2) is 28.0 Å². The summed E-state index contributed by atoms with van der Waals surface area (Å²) in [6.07, 6.45) is 3.90. The summed E-state index contributed by atoms with van der Waals surface area (Å²) < 4.78 is 5.58. The molecule has 5 rings (SSSR count). The van der Waals surface area contributed by atoms with Crippen LogP contribution in [0.15, 0.2) is 53.3 Å². The van der Waals surface area contributed by atoms with E-state index in [1.807, 2.05) is 36.4 Å². The summed E-state index contributed by atoms with van der Waals surface area (Å²) in [6, 6.07) is 14.1. The molecule has 1 fully saturated rings. The first-order valence-electron chi connectivity index (χ1n) is 8.24. The maximum absolute atomic E-state index is 5.58. The van der Waals surface area contributed by atoms with Crippen molar-refractivity contribution < 1.29 is 4.42 Å². The topological polar surface area (TPSA) is 55.1 Å². The minimum Gasteiger partial charge on any atom is -0.443 e. The first kappa shape index (κ1) is 13.5. The number of fused-ring (bicyclic) bond motifs is 2. The fourth-order valence-electron chi connectivity index (χ4n) is 3.41. The number of rotatable bonds is 2. The minimum atomic E-state index is 0.693. The van der Waals surface area contributed by atoms with Crippen molar-refractivity contribution in [2.24, 2.45) is 0 Å². The molecule has 2 aromatic heterocycles. The maximum atomic E-state index is 5.58. The molecule has 0 radical (unpaired) electrons. The molecule has 0 unspecified atom stereocenters. The highest BCUT2D eigenvalue weighted by atomic mass is 16.3. The van der Waals surface area contributed by atoms with Crippen molar-refractivity contribution in [2.45, 2.75) is 12.8 Å². The lowest BCUT2D eigenvalue weighted by molar-refractivity contribution is 0.603. The van der Waals surface area contributed by atoms with Gasteiger partial charge in [-0.1, -0.05) is 18.2 Å². The number of aromatic nitrogens is 3. The van der Waals surface area contributed by atoms with Crippen molar-refractivity contribution in [1.82, 2.24) is 15.0 Å². The van der Waals surface area contributed by atoms with Gasteiger partial charge >= 0.3 is 0 Å². The predicted octanol–water partition coefficient (Wildman–Crippen LogP) is 4.04. The second-order valence-corrected chi connectivity index (χ2v) is 6.09. The second kappa shape index (κ2) is 5.30. The third-order valence-electron chi connectivity index (χ3n) is 4.59. The zero-order chi connectivity index (χ0) is 15.9. The highest BCUT2D eigenvalue weighted by Gasteiger charge is 2.19. The monoisotopic (exact) mass is 316 g/mol. The van der Waals surface area contributed by atoms with Gasteiger partial charge < -0.3 is 9.32 Å². The Bertz CT molecular complexity index is 1030. The lowest BCUT2D eigenvalue weighted by Crippen LogP contribution is -2.19. The largest absolute Gasteiger partial charge is 0.443 e. The van der Waals surface area contributed by atoms with Gasteiger partial charge in [0, 0.05) is 18.5 Å². The number of hydrogen-bond donors (Lipinski definition) is 0. The number of anilines is 1. The minimum absolute atomic E-state index is 0.693. The van der Waals surface area contributed by atoms with Crippen LogP contribution in [0, 0.1) is 0 Å². The Hall–Kier alpha value is -2.95. The van der Waals surface area contributed by atoms with Crippen LogP contribution in [0.4, 0.5) is 5.82 Å². The van der Waals surface area contributed by atoms with Gasteiger partial charge in [-0.25, -0.2) is 15.0 Å². The molecule has 2 aromatic carbocycles. The molecule has 0 N–H and O–H groups in total. The molecule has 1 saturated heterocycles. The van der Waals surface area contributed by atoms with E-state index in [1.54, 1.807) is 0 Å². The molecule has 3 heterocycles. The number of benzene rings is 2. The van der Waals surface area contributed by atoms with Crippen LogP contribution < -0.4 is 4.90 Å². The molecule has 0 bridgehead atoms. The SMILES string of the molecule is c1ccc2c(N3CCCC3)nc(-c3cccc4ncoc34)nc2c1. The predicted molar refractivity (Wildman–Crippen MR) is 94.0 cm³/mol. The third kappa shape index (κ3) is 2.05. The Morgan fingerprint density at radius 3 is 2.62 bits per heavy atom. The molecular formula is C19H16N4O. The van der Waals surface area contributed by atoms with Gasteiger partial charge in [0.25, 0.3) is 0 Å². The van der Waals surface area contributed by atoms with E-state index in [2.05, 4.69) is 16.0 Å². The summed E-state index contributed by atoms with van der Waals surface area (Å²) in [5.74, 6) is 1.71. The quantitative estimate of drug-likeness (QED) is 0.558. The van der Waals surface area contributed by atoms with E-state index in [0.717, 1.165) is 46.5 Å². The lowest BCUT2D eigenvalue weighted by Gasteiger charge is -2.19. The van der Waals surface area contributed by atoms with Crippen LogP contribution in [-0.2, 0) is 0 Å². The van der Waals surface area contributed by atoms with Crippen molar-refractivity contribution in [2.75, 3.05) is 18.0 Å². The van der Waals surface area contributed by atoms with E-state index in [9.17, 15) is 0 Å². The van der Waals surface area contributed by atoms with Crippen molar-refractivity contribution in [3.05, 3.63) is 48.9 Å². The number of hydrogen-bond acceptors (Lipinski definition) is 5. The van der Waals surface area contributed by atoms with E-state index < -0.39 is 0 Å². The lowest BCUT2D eigenvalue weighted by atomic mass is 10.1. The van der Waals surface area contributed by atoms with E-state index in [4.69, 9.17) is 14.4 Å². The van der Waals surface area contributed by atoms with Crippen LogP contribution in [0.3, 0.4) is 0 Å². The first-order chi connectivity index (χ1) is 11.9. The average molecular weight is 316 g/mol. The van der Waals surface area contributed by atoms with Crippen LogP contribution >= 0.6 is 0 Å². The van der Waals surface area contributed by atoms with Gasteiger partial charge in [-0.15, -0.1) is 0 Å². The Kier molecular flexibility index (Phi) is 2.98. The molecule has 0 aliphatic carbocycles. The van der Waals surface area contributed by atoms with E-state index >= 15 is 0 Å². The average Bonchev–Trinajstić information content (AvgIpc) is 3.32. The van der Waals surface area contributed by atoms with Crippen LogP contribution in [0.5, 0.6) is 0 Å². The molecule has 0 spiro atoms. The summed E-state index contributed by atoms with van der Waals surface area (Å²) in [5.41, 5.74) is 3.41. The molecule has 24 heavy (non-hydrogen) atoms. The Morgan fingerprint density at radius 2 is 1.71 bits per heavy atom. The van der Waals surface area contributed by atoms with Gasteiger partial charge in [-0.3, -0.25) is 0 Å². The van der Waals surface area contributed by atoms with E-state index in [1.165, 1.54) is 19.2 Å². The molecule has 4 aromatic rings. The molecule has 5 heteroatoms. The Balaban J connectivity index is 1.78.